The van der Waals surface area contributed by atoms with Crippen molar-refractivity contribution in [3.8, 4) is 0 Å². The molecule has 1 aliphatic rings. The molecule has 0 heterocycles. The Morgan fingerprint density at radius 3 is 2.38 bits per heavy atom. The van der Waals surface area contributed by atoms with E-state index in [2.05, 4.69) is 55.6 Å². The van der Waals surface area contributed by atoms with Gasteiger partial charge < -0.3 is 0 Å². The highest BCUT2D eigenvalue weighted by Gasteiger charge is 2.44. The number of rotatable bonds is 6. The molecule has 3 nitrogen and oxygen atoms in total. The zero-order valence-corrected chi connectivity index (χ0v) is 17.7. The highest BCUT2D eigenvalue weighted by atomic mass is 16.2. The summed E-state index contributed by atoms with van der Waals surface area (Å²) in [5.41, 5.74) is 7.33. The Morgan fingerprint density at radius 2 is 1.72 bits per heavy atom. The minimum absolute atomic E-state index is 0.00229. The van der Waals surface area contributed by atoms with Crippen LogP contribution in [0.15, 0.2) is 77.9 Å². The molecule has 2 atom stereocenters. The number of carbonyl (C=O) groups excluding carboxylic acids is 1. The van der Waals surface area contributed by atoms with E-state index in [1.54, 1.807) is 0 Å². The maximum atomic E-state index is 12.4. The fraction of sp³-hybridized carbons (Fsp3) is 0.308. The molecule has 29 heavy (non-hydrogen) atoms. The molecule has 0 radical (unpaired) electrons. The Kier molecular flexibility index (Phi) is 6.48. The zero-order valence-electron chi connectivity index (χ0n) is 17.7. The molecule has 0 bridgehead atoms. The number of carbonyl (C=O) groups is 1. The fourth-order valence-corrected chi connectivity index (χ4v) is 3.27. The average molecular weight is 387 g/mol. The SMILES string of the molecule is CC(/C=C/C=C/c1ccccc1)=N/NC(=O)C1CC1c1ccc(C(C)(C)C)cc1. The first-order valence-electron chi connectivity index (χ1n) is 10.2. The van der Waals surface area contributed by atoms with Gasteiger partial charge in [0.05, 0.1) is 5.71 Å². The van der Waals surface area contributed by atoms with Gasteiger partial charge in [0.2, 0.25) is 5.91 Å². The lowest BCUT2D eigenvalue weighted by atomic mass is 9.86. The zero-order chi connectivity index (χ0) is 20.9. The van der Waals surface area contributed by atoms with E-state index in [1.807, 2.05) is 61.6 Å². The van der Waals surface area contributed by atoms with Crippen LogP contribution < -0.4 is 5.43 Å². The molecule has 2 aromatic carbocycles. The Labute approximate surface area is 174 Å². The van der Waals surface area contributed by atoms with E-state index < -0.39 is 0 Å². The van der Waals surface area contributed by atoms with Gasteiger partial charge >= 0.3 is 0 Å². The number of hydrazone groups is 1. The van der Waals surface area contributed by atoms with Crippen molar-refractivity contribution in [2.24, 2.45) is 11.0 Å². The summed E-state index contributed by atoms with van der Waals surface area (Å²) in [6.07, 6.45) is 8.70. The van der Waals surface area contributed by atoms with Crippen molar-refractivity contribution in [3.63, 3.8) is 0 Å². The molecule has 2 aromatic rings. The Balaban J connectivity index is 1.48. The summed E-state index contributed by atoms with van der Waals surface area (Å²) in [4.78, 5) is 12.4. The minimum atomic E-state index is 0.00229. The van der Waals surface area contributed by atoms with Crippen molar-refractivity contribution < 1.29 is 4.79 Å². The first-order valence-corrected chi connectivity index (χ1v) is 10.2. The number of amides is 1. The third-order valence-corrected chi connectivity index (χ3v) is 5.21. The van der Waals surface area contributed by atoms with Crippen LogP contribution in [-0.2, 0) is 10.2 Å². The highest BCUT2D eigenvalue weighted by Crippen LogP contribution is 2.47. The summed E-state index contributed by atoms with van der Waals surface area (Å²) in [5, 5.41) is 4.20. The quantitative estimate of drug-likeness (QED) is 0.378. The minimum Gasteiger partial charge on any atom is -0.273 e. The van der Waals surface area contributed by atoms with Gasteiger partial charge in [-0.3, -0.25) is 4.79 Å². The molecule has 0 saturated heterocycles. The van der Waals surface area contributed by atoms with Gasteiger partial charge in [-0.05, 0) is 47.4 Å². The summed E-state index contributed by atoms with van der Waals surface area (Å²) < 4.78 is 0. The van der Waals surface area contributed by atoms with Gasteiger partial charge in [0.15, 0.2) is 0 Å². The standard InChI is InChI=1S/C26H30N2O/c1-19(10-8-9-13-20-11-6-5-7-12-20)27-28-25(29)24-18-23(24)21-14-16-22(17-15-21)26(2,3)4/h5-17,23-24H,18H2,1-4H3,(H,28,29)/b10-8+,13-9+,27-19-. The fourth-order valence-electron chi connectivity index (χ4n) is 3.27. The topological polar surface area (TPSA) is 41.5 Å². The smallest absolute Gasteiger partial charge is 0.243 e. The maximum Gasteiger partial charge on any atom is 0.243 e. The van der Waals surface area contributed by atoms with Gasteiger partial charge in [0.25, 0.3) is 0 Å². The Hall–Kier alpha value is -2.94. The lowest BCUT2D eigenvalue weighted by Gasteiger charge is -2.19. The molecule has 3 rings (SSSR count). The number of hydrogen-bond acceptors (Lipinski definition) is 2. The molecule has 0 spiro atoms. The number of benzene rings is 2. The second-order valence-electron chi connectivity index (χ2n) is 8.68. The first kappa shape index (κ1) is 20.8. The number of hydrogen-bond donors (Lipinski definition) is 1. The summed E-state index contributed by atoms with van der Waals surface area (Å²) in [5.74, 6) is 0.334. The van der Waals surface area contributed by atoms with E-state index in [-0.39, 0.29) is 17.2 Å². The van der Waals surface area contributed by atoms with Gasteiger partial charge in [0.1, 0.15) is 0 Å². The molecular weight excluding hydrogens is 356 g/mol. The van der Waals surface area contributed by atoms with E-state index >= 15 is 0 Å². The van der Waals surface area contributed by atoms with Crippen molar-refractivity contribution in [1.82, 2.24) is 5.43 Å². The maximum absolute atomic E-state index is 12.4. The average Bonchev–Trinajstić information content (AvgIpc) is 3.51. The molecule has 0 aromatic heterocycles. The summed E-state index contributed by atoms with van der Waals surface area (Å²) in [6, 6.07) is 18.8. The predicted molar refractivity (Wildman–Crippen MR) is 122 cm³/mol. The highest BCUT2D eigenvalue weighted by molar-refractivity contribution is 5.94. The van der Waals surface area contributed by atoms with Gasteiger partial charge in [-0.1, -0.05) is 93.6 Å². The Morgan fingerprint density at radius 1 is 1.03 bits per heavy atom. The summed E-state index contributed by atoms with van der Waals surface area (Å²) in [7, 11) is 0. The molecule has 1 saturated carbocycles. The van der Waals surface area contributed by atoms with Gasteiger partial charge in [-0.25, -0.2) is 5.43 Å². The number of nitrogens with zero attached hydrogens (tertiary/aromatic N) is 1. The molecule has 3 heteroatoms. The second kappa shape index (κ2) is 9.04. The van der Waals surface area contributed by atoms with Crippen LogP contribution >= 0.6 is 0 Å². The first-order chi connectivity index (χ1) is 13.8. The van der Waals surface area contributed by atoms with Crippen LogP contribution in [0.5, 0.6) is 0 Å². The molecular formula is C26H30N2O. The normalized spacial score (nSPS) is 19.7. The van der Waals surface area contributed by atoms with Crippen LogP contribution in [0.2, 0.25) is 0 Å². The van der Waals surface area contributed by atoms with Crippen LogP contribution in [0.1, 0.15) is 56.7 Å². The lowest BCUT2D eigenvalue weighted by Crippen LogP contribution is -2.21. The van der Waals surface area contributed by atoms with Crippen molar-refractivity contribution >= 4 is 17.7 Å². The van der Waals surface area contributed by atoms with Crippen molar-refractivity contribution in [1.29, 1.82) is 0 Å². The third kappa shape index (κ3) is 6.02. The van der Waals surface area contributed by atoms with E-state index in [1.165, 1.54) is 11.1 Å². The molecule has 150 valence electrons. The molecule has 1 aliphatic carbocycles. The molecule has 0 aliphatic heterocycles. The second-order valence-corrected chi connectivity index (χ2v) is 8.68. The third-order valence-electron chi connectivity index (χ3n) is 5.21. The van der Waals surface area contributed by atoms with E-state index in [9.17, 15) is 4.79 Å². The molecule has 1 amide bonds. The monoisotopic (exact) mass is 386 g/mol. The van der Waals surface area contributed by atoms with E-state index in [0.29, 0.717) is 5.92 Å². The molecule has 1 N–H and O–H groups in total. The van der Waals surface area contributed by atoms with Crippen LogP contribution in [0.3, 0.4) is 0 Å². The van der Waals surface area contributed by atoms with Crippen molar-refractivity contribution in [3.05, 3.63) is 89.5 Å². The van der Waals surface area contributed by atoms with Gasteiger partial charge in [0, 0.05) is 5.92 Å². The molecule has 1 fully saturated rings. The van der Waals surface area contributed by atoms with Crippen molar-refractivity contribution in [2.45, 2.75) is 45.4 Å². The van der Waals surface area contributed by atoms with E-state index in [0.717, 1.165) is 17.7 Å². The number of allylic oxidation sites excluding steroid dienone is 3. The van der Waals surface area contributed by atoms with Gasteiger partial charge in [-0.15, -0.1) is 0 Å². The summed E-state index contributed by atoms with van der Waals surface area (Å²) >= 11 is 0. The van der Waals surface area contributed by atoms with Crippen LogP contribution in [0.25, 0.3) is 6.08 Å². The largest absolute Gasteiger partial charge is 0.273 e. The predicted octanol–water partition coefficient (Wildman–Crippen LogP) is 5.85. The summed E-state index contributed by atoms with van der Waals surface area (Å²) in [6.45, 7) is 8.51. The van der Waals surface area contributed by atoms with E-state index in [4.69, 9.17) is 0 Å². The van der Waals surface area contributed by atoms with Gasteiger partial charge in [-0.2, -0.15) is 5.10 Å². The molecule has 2 unspecified atom stereocenters. The van der Waals surface area contributed by atoms with Crippen LogP contribution in [0.4, 0.5) is 0 Å². The van der Waals surface area contributed by atoms with Crippen LogP contribution in [0, 0.1) is 5.92 Å². The van der Waals surface area contributed by atoms with Crippen LogP contribution in [-0.4, -0.2) is 11.6 Å². The number of nitrogens with one attached hydrogen (secondary N) is 1. The lowest BCUT2D eigenvalue weighted by molar-refractivity contribution is -0.122. The Bertz CT molecular complexity index is 915. The van der Waals surface area contributed by atoms with Crippen molar-refractivity contribution in [2.75, 3.05) is 0 Å².